The number of benzene rings is 1. The average molecular weight is 1410 g/mol. The molecule has 94 heavy (non-hydrogen) atoms. The summed E-state index contributed by atoms with van der Waals surface area (Å²) in [5, 5.41) is 0. The van der Waals surface area contributed by atoms with Crippen molar-refractivity contribution in [1.29, 1.82) is 0 Å². The lowest BCUT2D eigenvalue weighted by atomic mass is 10.0. The van der Waals surface area contributed by atoms with Crippen molar-refractivity contribution < 1.29 is 68.4 Å². The third-order valence-electron chi connectivity index (χ3n) is 16.1. The van der Waals surface area contributed by atoms with Crippen molar-refractivity contribution in [2.45, 2.75) is 231 Å². The van der Waals surface area contributed by atoms with Crippen molar-refractivity contribution in [3.63, 3.8) is 0 Å². The Kier molecular flexibility index (Phi) is 36.2. The highest BCUT2D eigenvalue weighted by atomic mass is 32.2. The highest BCUT2D eigenvalue weighted by Crippen LogP contribution is 2.31. The number of hydrogen-bond donors (Lipinski definition) is 1. The van der Waals surface area contributed by atoms with Crippen LogP contribution in [-0.2, 0) is 81.0 Å². The number of aromatic amines is 1. The molecule has 0 aliphatic rings. The molecular weight excluding hydrogens is 1290 g/mol. The second kappa shape index (κ2) is 39.8. The predicted molar refractivity (Wildman–Crippen MR) is 383 cm³/mol. The minimum atomic E-state index is -5.79. The summed E-state index contributed by atoms with van der Waals surface area (Å²) in [6, 6.07) is 14.6. The van der Waals surface area contributed by atoms with Crippen molar-refractivity contribution in [2.75, 3.05) is 53.6 Å². The molecule has 0 saturated heterocycles. The zero-order valence-corrected chi connectivity index (χ0v) is 66.4. The summed E-state index contributed by atoms with van der Waals surface area (Å²) in [7, 11) is -10.1. The predicted octanol–water partition coefficient (Wildman–Crippen LogP) is 16.8. The van der Waals surface area contributed by atoms with Gasteiger partial charge in [0.2, 0.25) is 11.8 Å². The van der Waals surface area contributed by atoms with Gasteiger partial charge in [-0.05, 0) is 170 Å². The van der Waals surface area contributed by atoms with Gasteiger partial charge >= 0.3 is 15.6 Å². The van der Waals surface area contributed by atoms with Gasteiger partial charge in [0, 0.05) is 86.8 Å². The summed E-state index contributed by atoms with van der Waals surface area (Å²) in [6.07, 6.45) is 0. The molecule has 0 atom stereocenters. The van der Waals surface area contributed by atoms with E-state index in [9.17, 15) is 26.4 Å². The van der Waals surface area contributed by atoms with Crippen LogP contribution in [0.15, 0.2) is 35.1 Å². The van der Waals surface area contributed by atoms with E-state index in [1.807, 2.05) is 39.0 Å². The van der Waals surface area contributed by atoms with E-state index in [4.69, 9.17) is 47.6 Å². The maximum atomic E-state index is 12.6. The van der Waals surface area contributed by atoms with E-state index in [0.29, 0.717) is 69.3 Å². The zero-order valence-electron chi connectivity index (χ0n) is 61.6. The average Bonchev–Trinajstić information content (AvgIpc) is 0.814. The number of H-pyrrole nitrogens is 1. The van der Waals surface area contributed by atoms with Crippen LogP contribution in [-0.4, -0.2) is 120 Å². The molecule has 1 N–H and O–H groups in total. The Bertz CT molecular complexity index is 3310. The van der Waals surface area contributed by atoms with Crippen molar-refractivity contribution >= 4 is 42.4 Å². The molecule has 25 heteroatoms. The van der Waals surface area contributed by atoms with Crippen LogP contribution in [0, 0.1) is 90.0 Å². The van der Waals surface area contributed by atoms with Gasteiger partial charge in [0.25, 0.3) is 5.56 Å². The van der Waals surface area contributed by atoms with E-state index < -0.39 is 53.8 Å². The topological polar surface area (TPSA) is 198 Å². The number of nitrogens with zero attached hydrogens (tertiary/aromatic N) is 3. The number of ether oxygens (including phenoxy) is 9. The fourth-order valence-corrected chi connectivity index (χ4v) is 11.7. The molecule has 0 unspecified atom stereocenters. The first-order chi connectivity index (χ1) is 43.4. The molecule has 5 aromatic rings. The summed E-state index contributed by atoms with van der Waals surface area (Å²) >= 11 is 0. The number of hydrogen-bond acceptors (Lipinski definition) is 16. The number of nitrogens with one attached hydrogen (secondary N) is 1. The summed E-state index contributed by atoms with van der Waals surface area (Å²) in [5.41, 5.74) is 11.4. The van der Waals surface area contributed by atoms with E-state index in [1.165, 1.54) is 35.2 Å². The molecule has 0 fully saturated rings. The molecule has 0 aliphatic heterocycles. The number of alkyl halides is 3. The van der Waals surface area contributed by atoms with E-state index >= 15 is 0 Å². The van der Waals surface area contributed by atoms with Gasteiger partial charge in [-0.15, -0.1) is 0 Å². The largest absolute Gasteiger partial charge is 0.534 e. The van der Waals surface area contributed by atoms with Crippen molar-refractivity contribution in [3.05, 3.63) is 141 Å². The van der Waals surface area contributed by atoms with Crippen molar-refractivity contribution in [2.24, 2.45) is 0 Å². The fraction of sp³-hybridized carbons (Fsp3) is 0.623. The lowest BCUT2D eigenvalue weighted by Gasteiger charge is -2.17. The van der Waals surface area contributed by atoms with Gasteiger partial charge in [0.05, 0.1) is 43.5 Å². The van der Waals surface area contributed by atoms with Crippen LogP contribution in [0.25, 0.3) is 0 Å². The normalized spacial score (nSPS) is 12.2. The summed E-state index contributed by atoms with van der Waals surface area (Å²) in [6.45, 7) is 58.6. The Morgan fingerprint density at radius 2 is 0.745 bits per heavy atom. The first kappa shape index (κ1) is 85.6. The number of aryl methyl sites for hydroxylation is 1. The second-order valence-electron chi connectivity index (χ2n) is 28.8. The Balaban J connectivity index is 0.000000431. The lowest BCUT2D eigenvalue weighted by Crippen LogP contribution is -2.29. The minimum Gasteiger partial charge on any atom is -0.473 e. The third-order valence-corrected chi connectivity index (χ3v) is 23.9. The van der Waals surface area contributed by atoms with Gasteiger partial charge in [0.15, 0.2) is 0 Å². The number of pyridine rings is 4. The molecule has 0 radical (unpaired) electrons. The lowest BCUT2D eigenvalue weighted by molar-refractivity contribution is -0.0586. The first-order valence-corrected chi connectivity index (χ1v) is 48.5. The third kappa shape index (κ3) is 32.2. The van der Waals surface area contributed by atoms with Gasteiger partial charge in [-0.3, -0.25) is 9.78 Å². The Labute approximate surface area is 565 Å². The van der Waals surface area contributed by atoms with E-state index in [0.717, 1.165) is 94.1 Å². The van der Waals surface area contributed by atoms with E-state index in [1.54, 1.807) is 13.8 Å². The van der Waals surface area contributed by atoms with Crippen LogP contribution in [0.2, 0.25) is 103 Å². The fourth-order valence-electron chi connectivity index (χ4n) is 8.25. The smallest absolute Gasteiger partial charge is 0.473 e. The van der Waals surface area contributed by atoms with Gasteiger partial charge < -0.3 is 51.8 Å². The van der Waals surface area contributed by atoms with Gasteiger partial charge in [-0.2, -0.15) is 21.6 Å². The monoisotopic (exact) mass is 1410 g/mol. The molecule has 17 nitrogen and oxygen atoms in total. The highest BCUT2D eigenvalue weighted by molar-refractivity contribution is 7.88. The van der Waals surface area contributed by atoms with Crippen LogP contribution in [0.1, 0.15) is 101 Å². The molecule has 0 amide bonds. The maximum Gasteiger partial charge on any atom is 0.534 e. The molecule has 1 aromatic carbocycles. The molecule has 0 aliphatic carbocycles. The highest BCUT2D eigenvalue weighted by Gasteiger charge is 2.49. The Morgan fingerprint density at radius 1 is 0.404 bits per heavy atom. The molecule has 5 rings (SSSR count). The van der Waals surface area contributed by atoms with Crippen LogP contribution in [0.3, 0.4) is 0 Å². The number of aromatic nitrogens is 4. The quantitative estimate of drug-likeness (QED) is 0.0137. The van der Waals surface area contributed by atoms with E-state index in [2.05, 4.69) is 158 Å². The van der Waals surface area contributed by atoms with Crippen LogP contribution >= 0.6 is 0 Å². The molecular formula is C69H115F3N4O13SSi4. The standard InChI is InChI=1S/C22H33NO3Si.C16H26F3NO5SSi.C16H29NO2Si.C15H27NO3Si/c1-17-18(2)21(15-25-16-24-12-13-27(4,5)6)23-22(19(17)3)26-14-20-10-8-7-9-11-20;1-11-12(2)14(9-24-10-23-7-8-27(4,5)6)20-15(13(11)3)25-26(21,22)16(17,18)19;1-12-13(2)15(4)17-16(14(12)3)10-19-11-18-8-9-20(5,6)7;1-11-12(2)14(16-15(17)13(11)3)9-19-10-18-7-8-20(4,5)6/h7-11H,12-16H2,1-6H3;7-10H2,1-6H3;8-11H2,1-7H3;7-10H2,1-6H3,(H,16,17). The van der Waals surface area contributed by atoms with Crippen LogP contribution in [0.5, 0.6) is 11.8 Å². The number of rotatable bonds is 33. The Hall–Kier alpha value is -4.49. The van der Waals surface area contributed by atoms with Gasteiger partial charge in [0.1, 0.15) is 33.8 Å². The SMILES string of the molecule is Cc1c(COCOCC[Si](C)(C)C)[nH]c(=O)c(C)c1C.Cc1c(COCOCC[Si](C)(C)C)nc(OCc2ccccc2)c(C)c1C.Cc1c(COCOCC[Si](C)(C)C)nc(OS(=O)(=O)C(F)(F)F)c(C)c1C.Cc1nc(COCOCC[Si](C)(C)C)c(C)c(C)c1C. The first-order valence-electron chi connectivity index (χ1n) is 32.2. The summed E-state index contributed by atoms with van der Waals surface area (Å²) in [4.78, 5) is 27.8. The number of halogens is 3. The van der Waals surface area contributed by atoms with Crippen molar-refractivity contribution in [1.82, 2.24) is 19.9 Å². The molecule has 0 saturated carbocycles. The molecule has 532 valence electrons. The zero-order chi connectivity index (χ0) is 71.6. The molecule has 4 heterocycles. The summed E-state index contributed by atoms with van der Waals surface area (Å²) in [5.74, 6) is 0.0777. The van der Waals surface area contributed by atoms with Gasteiger partial charge in [-0.1, -0.05) is 109 Å². The second-order valence-corrected chi connectivity index (χ2v) is 52.8. The van der Waals surface area contributed by atoms with Crippen LogP contribution in [0.4, 0.5) is 13.2 Å². The molecule has 0 spiro atoms. The van der Waals surface area contributed by atoms with Crippen LogP contribution < -0.4 is 14.5 Å². The van der Waals surface area contributed by atoms with Crippen molar-refractivity contribution in [3.8, 4) is 11.8 Å². The summed E-state index contributed by atoms with van der Waals surface area (Å²) < 4.78 is 115. The van der Waals surface area contributed by atoms with E-state index in [-0.39, 0.29) is 31.3 Å². The molecule has 4 aromatic heterocycles. The minimum absolute atomic E-state index is 0.00949. The van der Waals surface area contributed by atoms with Gasteiger partial charge in [-0.25, -0.2) is 9.97 Å². The Morgan fingerprint density at radius 3 is 1.13 bits per heavy atom. The molecule has 0 bridgehead atoms. The maximum absolute atomic E-state index is 12.6.